The van der Waals surface area contributed by atoms with E-state index >= 15 is 0 Å². The lowest BCUT2D eigenvalue weighted by Crippen LogP contribution is -2.22. The molecule has 0 unspecified atom stereocenters. The fourth-order valence-corrected chi connectivity index (χ4v) is 4.19. The van der Waals surface area contributed by atoms with Crippen molar-refractivity contribution >= 4 is 23.0 Å². The number of carbonyl (C=O) groups excluding carboxylic acids is 1. The summed E-state index contributed by atoms with van der Waals surface area (Å²) in [4.78, 5) is 17.0. The summed E-state index contributed by atoms with van der Waals surface area (Å²) in [6.07, 6.45) is 8.58. The van der Waals surface area contributed by atoms with Gasteiger partial charge in [0.2, 0.25) is 5.91 Å². The normalized spacial score (nSPS) is 11.1. The maximum absolute atomic E-state index is 12.2. The highest BCUT2D eigenvalue weighted by atomic mass is 16.5. The second-order valence-corrected chi connectivity index (χ2v) is 8.61. The van der Waals surface area contributed by atoms with E-state index in [1.165, 1.54) is 0 Å². The van der Waals surface area contributed by atoms with Gasteiger partial charge in [0.25, 0.3) is 0 Å². The maximum Gasteiger partial charge on any atom is 0.243 e. The van der Waals surface area contributed by atoms with Gasteiger partial charge in [-0.2, -0.15) is 0 Å². The number of fused-ring (bicyclic) bond motifs is 1. The number of imidazole rings is 1. The monoisotopic (exact) mass is 479 g/mol. The van der Waals surface area contributed by atoms with E-state index < -0.39 is 0 Å². The van der Waals surface area contributed by atoms with Crippen molar-refractivity contribution in [2.75, 3.05) is 13.2 Å². The van der Waals surface area contributed by atoms with Crippen LogP contribution in [-0.4, -0.2) is 28.6 Å². The van der Waals surface area contributed by atoms with Crippen LogP contribution in [0.5, 0.6) is 5.75 Å². The van der Waals surface area contributed by atoms with E-state index in [4.69, 9.17) is 9.72 Å². The molecule has 1 amide bonds. The summed E-state index contributed by atoms with van der Waals surface area (Å²) in [6, 6.07) is 26.2. The molecule has 3 aromatic carbocycles. The zero-order chi connectivity index (χ0) is 25.0. The smallest absolute Gasteiger partial charge is 0.243 e. The van der Waals surface area contributed by atoms with Crippen LogP contribution >= 0.6 is 0 Å². The third kappa shape index (κ3) is 6.95. The van der Waals surface area contributed by atoms with Crippen LogP contribution in [0.3, 0.4) is 0 Å². The van der Waals surface area contributed by atoms with E-state index in [1.807, 2.05) is 78.9 Å². The van der Waals surface area contributed by atoms with Crippen molar-refractivity contribution in [2.45, 2.75) is 32.2 Å². The molecule has 4 aromatic rings. The van der Waals surface area contributed by atoms with Gasteiger partial charge in [0.05, 0.1) is 17.6 Å². The van der Waals surface area contributed by atoms with Gasteiger partial charge in [-0.25, -0.2) is 4.98 Å². The summed E-state index contributed by atoms with van der Waals surface area (Å²) in [5.74, 6) is 1.88. The molecule has 5 nitrogen and oxygen atoms in total. The predicted octanol–water partition coefficient (Wildman–Crippen LogP) is 6.00. The van der Waals surface area contributed by atoms with Crippen molar-refractivity contribution in [3.05, 3.63) is 115 Å². The lowest BCUT2D eigenvalue weighted by atomic mass is 10.1. The minimum Gasteiger partial charge on any atom is -0.493 e. The third-order valence-corrected chi connectivity index (χ3v) is 5.96. The summed E-state index contributed by atoms with van der Waals surface area (Å²) in [5.41, 5.74) is 4.30. The minimum atomic E-state index is -0.0822. The lowest BCUT2D eigenvalue weighted by Gasteiger charge is -2.12. The molecule has 0 radical (unpaired) electrons. The molecule has 1 heterocycles. The molecule has 0 aliphatic carbocycles. The second kappa shape index (κ2) is 13.1. The van der Waals surface area contributed by atoms with Gasteiger partial charge in [0.1, 0.15) is 11.6 Å². The standard InChI is InChI=1S/C31H33N3O2/c1-2-12-26-15-6-9-18-29(26)36-24-11-23-34-28-17-8-7-16-27(28)33-30(34)19-10-22-32-31(35)21-20-25-13-4-3-5-14-25/h2-9,13-18,20-21H,1,10-12,19,22-24H2,(H,32,35)/b21-20-. The highest BCUT2D eigenvalue weighted by Gasteiger charge is 2.10. The van der Waals surface area contributed by atoms with Crippen LogP contribution in [0.4, 0.5) is 0 Å². The van der Waals surface area contributed by atoms with E-state index in [0.717, 1.165) is 66.0 Å². The predicted molar refractivity (Wildman–Crippen MR) is 147 cm³/mol. The summed E-state index contributed by atoms with van der Waals surface area (Å²) in [7, 11) is 0. The molecule has 0 spiro atoms. The van der Waals surface area contributed by atoms with Gasteiger partial charge in [-0.15, -0.1) is 6.58 Å². The number of rotatable bonds is 13. The summed E-state index contributed by atoms with van der Waals surface area (Å²) < 4.78 is 8.37. The average molecular weight is 480 g/mol. The maximum atomic E-state index is 12.2. The van der Waals surface area contributed by atoms with Crippen LogP contribution in [0.25, 0.3) is 17.1 Å². The summed E-state index contributed by atoms with van der Waals surface area (Å²) >= 11 is 0. The number of amides is 1. The molecular formula is C31H33N3O2. The van der Waals surface area contributed by atoms with Crippen LogP contribution < -0.4 is 10.1 Å². The Morgan fingerprint density at radius 3 is 2.61 bits per heavy atom. The summed E-state index contributed by atoms with van der Waals surface area (Å²) in [6.45, 7) is 5.89. The van der Waals surface area contributed by atoms with Crippen LogP contribution in [0, 0.1) is 0 Å². The number of hydrogen-bond donors (Lipinski definition) is 1. The first-order valence-electron chi connectivity index (χ1n) is 12.5. The van der Waals surface area contributed by atoms with E-state index in [1.54, 1.807) is 6.08 Å². The molecule has 0 saturated heterocycles. The fourth-order valence-electron chi connectivity index (χ4n) is 4.19. The molecule has 0 saturated carbocycles. The minimum absolute atomic E-state index is 0.0822. The quantitative estimate of drug-likeness (QED) is 0.145. The second-order valence-electron chi connectivity index (χ2n) is 8.61. The molecule has 1 N–H and O–H groups in total. The van der Waals surface area contributed by atoms with Crippen molar-refractivity contribution in [2.24, 2.45) is 0 Å². The number of allylic oxidation sites excluding steroid dienone is 1. The lowest BCUT2D eigenvalue weighted by molar-refractivity contribution is -0.116. The number of aryl methyl sites for hydroxylation is 2. The van der Waals surface area contributed by atoms with Gasteiger partial charge < -0.3 is 14.6 Å². The SMILES string of the molecule is C=CCc1ccccc1OCCCn1c(CCCNC(=O)/C=C\c2ccccc2)nc2ccccc21. The number of carbonyl (C=O) groups is 1. The Kier molecular flexibility index (Phi) is 9.09. The largest absolute Gasteiger partial charge is 0.493 e. The Balaban J connectivity index is 1.30. The molecule has 0 aliphatic heterocycles. The highest BCUT2D eigenvalue weighted by Crippen LogP contribution is 2.20. The first-order chi connectivity index (χ1) is 17.7. The van der Waals surface area contributed by atoms with Gasteiger partial charge in [-0.1, -0.05) is 66.7 Å². The first-order valence-corrected chi connectivity index (χ1v) is 12.5. The molecule has 184 valence electrons. The highest BCUT2D eigenvalue weighted by molar-refractivity contribution is 5.91. The Morgan fingerprint density at radius 2 is 1.75 bits per heavy atom. The van der Waals surface area contributed by atoms with Crippen molar-refractivity contribution in [1.29, 1.82) is 0 Å². The van der Waals surface area contributed by atoms with Crippen molar-refractivity contribution in [1.82, 2.24) is 14.9 Å². The van der Waals surface area contributed by atoms with Crippen LogP contribution in [0.2, 0.25) is 0 Å². The van der Waals surface area contributed by atoms with E-state index in [2.05, 4.69) is 28.6 Å². The molecule has 0 atom stereocenters. The van der Waals surface area contributed by atoms with E-state index in [-0.39, 0.29) is 5.91 Å². The van der Waals surface area contributed by atoms with Crippen LogP contribution in [-0.2, 0) is 24.2 Å². The van der Waals surface area contributed by atoms with Crippen molar-refractivity contribution < 1.29 is 9.53 Å². The number of benzene rings is 3. The zero-order valence-corrected chi connectivity index (χ0v) is 20.6. The molecule has 1 aromatic heterocycles. The van der Waals surface area contributed by atoms with Crippen molar-refractivity contribution in [3.63, 3.8) is 0 Å². The Labute approximate surface area is 213 Å². The Morgan fingerprint density at radius 1 is 0.972 bits per heavy atom. The molecule has 4 rings (SSSR count). The topological polar surface area (TPSA) is 56.1 Å². The van der Waals surface area contributed by atoms with Gasteiger partial charge in [-0.05, 0) is 54.7 Å². The van der Waals surface area contributed by atoms with E-state index in [9.17, 15) is 4.79 Å². The van der Waals surface area contributed by atoms with Crippen LogP contribution in [0.15, 0.2) is 97.6 Å². The van der Waals surface area contributed by atoms with Gasteiger partial charge in [0.15, 0.2) is 0 Å². The van der Waals surface area contributed by atoms with Gasteiger partial charge in [-0.3, -0.25) is 4.79 Å². The molecular weight excluding hydrogens is 446 g/mol. The Hall–Kier alpha value is -4.12. The summed E-state index contributed by atoms with van der Waals surface area (Å²) in [5, 5.41) is 2.97. The number of para-hydroxylation sites is 3. The average Bonchev–Trinajstić information content (AvgIpc) is 3.27. The number of nitrogens with zero attached hydrogens (tertiary/aromatic N) is 2. The zero-order valence-electron chi connectivity index (χ0n) is 20.6. The van der Waals surface area contributed by atoms with Gasteiger partial charge >= 0.3 is 0 Å². The van der Waals surface area contributed by atoms with E-state index in [0.29, 0.717) is 13.2 Å². The molecule has 5 heteroatoms. The number of ether oxygens (including phenoxy) is 1. The number of nitrogens with one attached hydrogen (secondary N) is 1. The van der Waals surface area contributed by atoms with Crippen LogP contribution in [0.1, 0.15) is 29.8 Å². The Bertz CT molecular complexity index is 1310. The molecule has 36 heavy (non-hydrogen) atoms. The molecule has 0 fully saturated rings. The van der Waals surface area contributed by atoms with Crippen molar-refractivity contribution in [3.8, 4) is 5.75 Å². The fraction of sp³-hybridized carbons (Fsp3) is 0.226. The first kappa shape index (κ1) is 25.0. The number of aromatic nitrogens is 2. The van der Waals surface area contributed by atoms with Gasteiger partial charge in [0, 0.05) is 25.6 Å². The third-order valence-electron chi connectivity index (χ3n) is 5.96. The number of hydrogen-bond acceptors (Lipinski definition) is 3. The molecule has 0 aliphatic rings. The molecule has 0 bridgehead atoms.